The molecule has 0 aliphatic carbocycles. The van der Waals surface area contributed by atoms with Crippen LogP contribution in [0.3, 0.4) is 0 Å². The molecule has 0 unspecified atom stereocenters. The van der Waals surface area contributed by atoms with Crippen molar-refractivity contribution in [1.29, 1.82) is 0 Å². The highest BCUT2D eigenvalue weighted by molar-refractivity contribution is 7.15. The number of hydrogen-bond acceptors (Lipinski definition) is 5. The van der Waals surface area contributed by atoms with Crippen LogP contribution in [-0.2, 0) is 16.0 Å². The molecule has 0 fully saturated rings. The lowest BCUT2D eigenvalue weighted by Gasteiger charge is -2.12. The zero-order chi connectivity index (χ0) is 22.4. The van der Waals surface area contributed by atoms with E-state index in [4.69, 9.17) is 9.47 Å². The number of benzene rings is 2. The predicted molar refractivity (Wildman–Crippen MR) is 125 cm³/mol. The van der Waals surface area contributed by atoms with Gasteiger partial charge in [0.25, 0.3) is 5.91 Å². The highest BCUT2D eigenvalue weighted by Crippen LogP contribution is 2.36. The first-order valence-corrected chi connectivity index (χ1v) is 11.2. The van der Waals surface area contributed by atoms with Gasteiger partial charge in [-0.2, -0.15) is 0 Å². The van der Waals surface area contributed by atoms with Gasteiger partial charge in [-0.25, -0.2) is 4.79 Å². The van der Waals surface area contributed by atoms with E-state index in [9.17, 15) is 9.59 Å². The maximum absolute atomic E-state index is 12.7. The van der Waals surface area contributed by atoms with Gasteiger partial charge in [0.2, 0.25) is 0 Å². The standard InChI is InChI=1S/C25H27NO4S/c1-5-18-10-12-19(13-11-18)20-15-31-24(23(20)25(28)29-6-2)26-22(27)14-30-21-9-7-8-16(3)17(21)4/h7-13,15H,5-6,14H2,1-4H3,(H,26,27). The molecule has 1 N–H and O–H groups in total. The van der Waals surface area contributed by atoms with Gasteiger partial charge in [0.15, 0.2) is 6.61 Å². The monoisotopic (exact) mass is 437 g/mol. The first-order chi connectivity index (χ1) is 14.9. The topological polar surface area (TPSA) is 64.6 Å². The molecule has 1 heterocycles. The summed E-state index contributed by atoms with van der Waals surface area (Å²) in [5.41, 5.74) is 5.33. The maximum Gasteiger partial charge on any atom is 0.341 e. The molecule has 0 bridgehead atoms. The molecular weight excluding hydrogens is 410 g/mol. The third-order valence-corrected chi connectivity index (χ3v) is 6.01. The number of hydrogen-bond donors (Lipinski definition) is 1. The second-order valence-electron chi connectivity index (χ2n) is 7.16. The summed E-state index contributed by atoms with van der Waals surface area (Å²) in [5.74, 6) is -0.117. The van der Waals surface area contributed by atoms with Crippen LogP contribution in [0.2, 0.25) is 0 Å². The third-order valence-electron chi connectivity index (χ3n) is 5.11. The van der Waals surface area contributed by atoms with Crippen LogP contribution in [0.25, 0.3) is 11.1 Å². The molecule has 6 heteroatoms. The molecule has 0 spiro atoms. The molecule has 1 aromatic heterocycles. The third kappa shape index (κ3) is 5.33. The minimum Gasteiger partial charge on any atom is -0.483 e. The highest BCUT2D eigenvalue weighted by Gasteiger charge is 2.23. The zero-order valence-corrected chi connectivity index (χ0v) is 19.1. The van der Waals surface area contributed by atoms with Crippen LogP contribution in [0.5, 0.6) is 5.75 Å². The number of nitrogens with one attached hydrogen (secondary N) is 1. The maximum atomic E-state index is 12.7. The van der Waals surface area contributed by atoms with Crippen LogP contribution in [0.15, 0.2) is 47.8 Å². The van der Waals surface area contributed by atoms with Gasteiger partial charge in [-0.3, -0.25) is 4.79 Å². The van der Waals surface area contributed by atoms with Gasteiger partial charge >= 0.3 is 5.97 Å². The molecule has 0 atom stereocenters. The van der Waals surface area contributed by atoms with Gasteiger partial charge in [0.05, 0.1) is 6.61 Å². The number of ether oxygens (including phenoxy) is 2. The van der Waals surface area contributed by atoms with E-state index in [1.165, 1.54) is 16.9 Å². The summed E-state index contributed by atoms with van der Waals surface area (Å²) < 4.78 is 11.0. The Balaban J connectivity index is 1.81. The minimum absolute atomic E-state index is 0.148. The van der Waals surface area contributed by atoms with Crippen LogP contribution in [-0.4, -0.2) is 25.1 Å². The lowest BCUT2D eigenvalue weighted by atomic mass is 10.0. The van der Waals surface area contributed by atoms with Crippen molar-refractivity contribution in [3.8, 4) is 16.9 Å². The van der Waals surface area contributed by atoms with Crippen molar-refractivity contribution >= 4 is 28.2 Å². The Labute approximate surface area is 187 Å². The molecule has 5 nitrogen and oxygen atoms in total. The smallest absolute Gasteiger partial charge is 0.341 e. The first-order valence-electron chi connectivity index (χ1n) is 10.3. The molecule has 0 aliphatic heterocycles. The highest BCUT2D eigenvalue weighted by atomic mass is 32.1. The number of carbonyl (C=O) groups is 2. The molecule has 2 aromatic carbocycles. The fourth-order valence-corrected chi connectivity index (χ4v) is 4.15. The summed E-state index contributed by atoms with van der Waals surface area (Å²) in [6.07, 6.45) is 0.941. The van der Waals surface area contributed by atoms with Crippen molar-refractivity contribution in [2.75, 3.05) is 18.5 Å². The number of aryl methyl sites for hydroxylation is 2. The summed E-state index contributed by atoms with van der Waals surface area (Å²) in [6.45, 7) is 7.91. The van der Waals surface area contributed by atoms with Gasteiger partial charge in [0, 0.05) is 10.9 Å². The van der Waals surface area contributed by atoms with Crippen LogP contribution >= 0.6 is 11.3 Å². The van der Waals surface area contributed by atoms with E-state index < -0.39 is 5.97 Å². The Hall–Kier alpha value is -3.12. The fourth-order valence-electron chi connectivity index (χ4n) is 3.17. The second kappa shape index (κ2) is 10.3. The van der Waals surface area contributed by atoms with E-state index in [0.29, 0.717) is 16.3 Å². The van der Waals surface area contributed by atoms with E-state index in [2.05, 4.69) is 12.2 Å². The molecule has 0 aliphatic rings. The van der Waals surface area contributed by atoms with Crippen LogP contribution < -0.4 is 10.1 Å². The summed E-state index contributed by atoms with van der Waals surface area (Å²) in [5, 5.41) is 5.15. The summed E-state index contributed by atoms with van der Waals surface area (Å²) in [4.78, 5) is 25.3. The fraction of sp³-hybridized carbons (Fsp3) is 0.280. The van der Waals surface area contributed by atoms with Crippen LogP contribution in [0.1, 0.15) is 40.9 Å². The van der Waals surface area contributed by atoms with Crippen molar-refractivity contribution < 1.29 is 19.1 Å². The molecule has 0 saturated carbocycles. The molecule has 1 amide bonds. The van der Waals surface area contributed by atoms with E-state index in [-0.39, 0.29) is 19.1 Å². The minimum atomic E-state index is -0.455. The van der Waals surface area contributed by atoms with Gasteiger partial charge < -0.3 is 14.8 Å². The van der Waals surface area contributed by atoms with E-state index in [0.717, 1.165) is 28.7 Å². The number of rotatable bonds is 8. The van der Waals surface area contributed by atoms with Crippen molar-refractivity contribution in [3.63, 3.8) is 0 Å². The van der Waals surface area contributed by atoms with Crippen LogP contribution in [0.4, 0.5) is 5.00 Å². The lowest BCUT2D eigenvalue weighted by molar-refractivity contribution is -0.118. The van der Waals surface area contributed by atoms with Gasteiger partial charge in [-0.1, -0.05) is 43.3 Å². The summed E-state index contributed by atoms with van der Waals surface area (Å²) >= 11 is 1.30. The predicted octanol–water partition coefficient (Wildman–Crippen LogP) is 5.79. The van der Waals surface area contributed by atoms with E-state index >= 15 is 0 Å². The van der Waals surface area contributed by atoms with Gasteiger partial charge in [-0.15, -0.1) is 11.3 Å². The molecular formula is C25H27NO4S. The SMILES string of the molecule is CCOC(=O)c1c(-c2ccc(CC)cc2)csc1NC(=O)COc1cccc(C)c1C. The molecule has 0 radical (unpaired) electrons. The Morgan fingerprint density at radius 1 is 1.03 bits per heavy atom. The zero-order valence-electron chi connectivity index (χ0n) is 18.3. The molecule has 3 aromatic rings. The van der Waals surface area contributed by atoms with E-state index in [1.54, 1.807) is 6.92 Å². The quantitative estimate of drug-likeness (QED) is 0.453. The summed E-state index contributed by atoms with van der Waals surface area (Å²) in [7, 11) is 0. The Kier molecular flexibility index (Phi) is 7.47. The average molecular weight is 438 g/mol. The Morgan fingerprint density at radius 2 is 1.77 bits per heavy atom. The van der Waals surface area contributed by atoms with E-state index in [1.807, 2.05) is 61.7 Å². The van der Waals surface area contributed by atoms with Crippen molar-refractivity contribution in [1.82, 2.24) is 0 Å². The lowest BCUT2D eigenvalue weighted by Crippen LogP contribution is -2.21. The van der Waals surface area contributed by atoms with Gasteiger partial charge in [0.1, 0.15) is 16.3 Å². The number of anilines is 1. The molecule has 0 saturated heterocycles. The number of carbonyl (C=O) groups excluding carboxylic acids is 2. The van der Waals surface area contributed by atoms with Crippen molar-refractivity contribution in [2.45, 2.75) is 34.1 Å². The normalized spacial score (nSPS) is 10.6. The van der Waals surface area contributed by atoms with Crippen LogP contribution in [0, 0.1) is 13.8 Å². The Bertz CT molecular complexity index is 1070. The number of amides is 1. The molecule has 162 valence electrons. The van der Waals surface area contributed by atoms with Gasteiger partial charge in [-0.05, 0) is 55.5 Å². The second-order valence-corrected chi connectivity index (χ2v) is 8.04. The number of thiophene rings is 1. The Morgan fingerprint density at radius 3 is 2.45 bits per heavy atom. The first kappa shape index (κ1) is 22.6. The molecule has 31 heavy (non-hydrogen) atoms. The summed E-state index contributed by atoms with van der Waals surface area (Å²) in [6, 6.07) is 13.8. The largest absolute Gasteiger partial charge is 0.483 e. The van der Waals surface area contributed by atoms with Crippen molar-refractivity contribution in [3.05, 3.63) is 70.1 Å². The average Bonchev–Trinajstić information content (AvgIpc) is 3.18. The van der Waals surface area contributed by atoms with Crippen molar-refractivity contribution in [2.24, 2.45) is 0 Å². The number of esters is 1. The molecule has 3 rings (SSSR count).